The van der Waals surface area contributed by atoms with Gasteiger partial charge >= 0.3 is 0 Å². The van der Waals surface area contributed by atoms with Gasteiger partial charge in [0.15, 0.2) is 10.3 Å². The summed E-state index contributed by atoms with van der Waals surface area (Å²) in [5.74, 6) is -0.363. The molecule has 2 heterocycles. The van der Waals surface area contributed by atoms with Gasteiger partial charge in [-0.05, 0) is 30.7 Å². The van der Waals surface area contributed by atoms with Crippen LogP contribution in [0.2, 0.25) is 10.0 Å². The average molecular weight is 517 g/mol. The highest BCUT2D eigenvalue weighted by Crippen LogP contribution is 2.27. The maximum absolute atomic E-state index is 12.2. The fourth-order valence-electron chi connectivity index (χ4n) is 2.94. The summed E-state index contributed by atoms with van der Waals surface area (Å²) in [5, 5.41) is 11.7. The second kappa shape index (κ2) is 10.9. The molecule has 0 spiro atoms. The van der Waals surface area contributed by atoms with E-state index in [-0.39, 0.29) is 24.7 Å². The second-order valence-corrected chi connectivity index (χ2v) is 9.63. The quantitative estimate of drug-likeness (QED) is 0.264. The number of rotatable bonds is 8. The SMILES string of the molecule is O=C(CCCC(=O)Nc1nc(-c2ccc(Cl)cc2)cs1)Nc1nc(-c2ccc(Cl)cc2)cs1. The van der Waals surface area contributed by atoms with Crippen molar-refractivity contribution in [1.29, 1.82) is 0 Å². The van der Waals surface area contributed by atoms with Crippen molar-refractivity contribution < 1.29 is 9.59 Å². The summed E-state index contributed by atoms with van der Waals surface area (Å²) in [5.41, 5.74) is 3.39. The van der Waals surface area contributed by atoms with Gasteiger partial charge in [-0.3, -0.25) is 9.59 Å². The van der Waals surface area contributed by atoms with Gasteiger partial charge < -0.3 is 10.6 Å². The highest BCUT2D eigenvalue weighted by molar-refractivity contribution is 7.14. The Morgan fingerprint density at radius 3 is 1.48 bits per heavy atom. The number of aromatic nitrogens is 2. The van der Waals surface area contributed by atoms with E-state index in [0.717, 1.165) is 22.5 Å². The first-order valence-corrected chi connectivity index (χ1v) is 12.5. The lowest BCUT2D eigenvalue weighted by atomic mass is 10.2. The van der Waals surface area contributed by atoms with Crippen LogP contribution in [0.4, 0.5) is 10.3 Å². The minimum Gasteiger partial charge on any atom is -0.302 e. The van der Waals surface area contributed by atoms with Crippen LogP contribution in [0.15, 0.2) is 59.3 Å². The number of nitrogens with zero attached hydrogens (tertiary/aromatic N) is 2. The Bertz CT molecular complexity index is 1160. The van der Waals surface area contributed by atoms with Gasteiger partial charge in [0.25, 0.3) is 0 Å². The summed E-state index contributed by atoms with van der Waals surface area (Å²) in [7, 11) is 0. The van der Waals surface area contributed by atoms with Crippen molar-refractivity contribution in [3.05, 3.63) is 69.3 Å². The lowest BCUT2D eigenvalue weighted by Gasteiger charge is -2.03. The third-order valence-electron chi connectivity index (χ3n) is 4.59. The first kappa shape index (κ1) is 23.4. The number of hydrogen-bond donors (Lipinski definition) is 2. The van der Waals surface area contributed by atoms with Crippen molar-refractivity contribution in [3.8, 4) is 22.5 Å². The molecule has 2 aromatic heterocycles. The third-order valence-corrected chi connectivity index (χ3v) is 6.61. The summed E-state index contributed by atoms with van der Waals surface area (Å²) in [4.78, 5) is 33.3. The molecule has 0 saturated carbocycles. The molecule has 4 aromatic rings. The van der Waals surface area contributed by atoms with Crippen LogP contribution in [0.1, 0.15) is 19.3 Å². The van der Waals surface area contributed by atoms with Gasteiger partial charge in [-0.25, -0.2) is 9.97 Å². The van der Waals surface area contributed by atoms with Crippen LogP contribution in [0.5, 0.6) is 0 Å². The van der Waals surface area contributed by atoms with Gasteiger partial charge in [-0.15, -0.1) is 22.7 Å². The molecule has 0 aliphatic heterocycles. The first-order valence-electron chi connectivity index (χ1n) is 9.99. The fraction of sp³-hybridized carbons (Fsp3) is 0.130. The average Bonchev–Trinajstić information content (AvgIpc) is 3.45. The Balaban J connectivity index is 1.21. The molecule has 2 N–H and O–H groups in total. The van der Waals surface area contributed by atoms with Crippen LogP contribution in [0.3, 0.4) is 0 Å². The monoisotopic (exact) mass is 516 g/mol. The normalized spacial score (nSPS) is 10.7. The fourth-order valence-corrected chi connectivity index (χ4v) is 4.67. The molecule has 4 rings (SSSR count). The van der Waals surface area contributed by atoms with E-state index in [1.807, 2.05) is 35.0 Å². The summed E-state index contributed by atoms with van der Waals surface area (Å²) in [6.07, 6.45) is 0.858. The number of thiazole rings is 2. The highest BCUT2D eigenvalue weighted by atomic mass is 35.5. The summed E-state index contributed by atoms with van der Waals surface area (Å²) in [6.45, 7) is 0. The van der Waals surface area contributed by atoms with Crippen LogP contribution in [-0.4, -0.2) is 21.8 Å². The van der Waals surface area contributed by atoms with Crippen LogP contribution in [-0.2, 0) is 9.59 Å². The van der Waals surface area contributed by atoms with Gasteiger partial charge in [0.2, 0.25) is 11.8 Å². The lowest BCUT2D eigenvalue weighted by molar-refractivity contribution is -0.117. The molecule has 2 amide bonds. The van der Waals surface area contributed by atoms with Gasteiger partial charge in [-0.2, -0.15) is 0 Å². The van der Waals surface area contributed by atoms with E-state index in [9.17, 15) is 9.59 Å². The zero-order valence-corrected chi connectivity index (χ0v) is 20.3. The van der Waals surface area contributed by atoms with E-state index >= 15 is 0 Å². The van der Waals surface area contributed by atoms with E-state index in [0.29, 0.717) is 26.7 Å². The summed E-state index contributed by atoms with van der Waals surface area (Å²) < 4.78 is 0. The maximum atomic E-state index is 12.2. The molecule has 6 nitrogen and oxygen atoms in total. The molecule has 10 heteroatoms. The predicted octanol–water partition coefficient (Wildman–Crippen LogP) is 6.99. The number of amides is 2. The molecule has 33 heavy (non-hydrogen) atoms. The topological polar surface area (TPSA) is 84.0 Å². The van der Waals surface area contributed by atoms with Crippen LogP contribution in [0, 0.1) is 0 Å². The standard InChI is InChI=1S/C23H18Cl2N4O2S2/c24-16-8-4-14(5-9-16)18-12-32-22(26-18)28-20(30)2-1-3-21(31)29-23-27-19(13-33-23)15-6-10-17(25)11-7-15/h4-13H,1-3H2,(H,26,28,30)(H,27,29,31). The van der Waals surface area contributed by atoms with Crippen LogP contribution < -0.4 is 10.6 Å². The lowest BCUT2D eigenvalue weighted by Crippen LogP contribution is -2.14. The van der Waals surface area contributed by atoms with Crippen molar-refractivity contribution in [1.82, 2.24) is 9.97 Å². The number of nitrogens with one attached hydrogen (secondary N) is 2. The molecule has 0 aliphatic carbocycles. The number of hydrogen-bond acceptors (Lipinski definition) is 6. The zero-order chi connectivity index (χ0) is 23.2. The smallest absolute Gasteiger partial charge is 0.226 e. The van der Waals surface area contributed by atoms with Crippen molar-refractivity contribution in [2.45, 2.75) is 19.3 Å². The van der Waals surface area contributed by atoms with Crippen molar-refractivity contribution in [3.63, 3.8) is 0 Å². The molecular weight excluding hydrogens is 499 g/mol. The van der Waals surface area contributed by atoms with E-state index in [4.69, 9.17) is 23.2 Å². The van der Waals surface area contributed by atoms with E-state index in [1.54, 1.807) is 24.3 Å². The van der Waals surface area contributed by atoms with Crippen LogP contribution >= 0.6 is 45.9 Å². The third kappa shape index (κ3) is 6.61. The number of carbonyl (C=O) groups is 2. The molecular formula is C23H18Cl2N4O2S2. The molecule has 0 unspecified atom stereocenters. The zero-order valence-electron chi connectivity index (χ0n) is 17.2. The Morgan fingerprint density at radius 1 is 0.697 bits per heavy atom. The molecule has 0 radical (unpaired) electrons. The van der Waals surface area contributed by atoms with Gasteiger partial charge in [-0.1, -0.05) is 47.5 Å². The second-order valence-electron chi connectivity index (χ2n) is 7.04. The first-order chi connectivity index (χ1) is 16.0. The van der Waals surface area contributed by atoms with E-state index in [2.05, 4.69) is 20.6 Å². The molecule has 168 valence electrons. The Labute approximate surface area is 208 Å². The number of benzene rings is 2. The number of carbonyl (C=O) groups excluding carboxylic acids is 2. The number of halogens is 2. The van der Waals surface area contributed by atoms with Crippen LogP contribution in [0.25, 0.3) is 22.5 Å². The Kier molecular flexibility index (Phi) is 7.72. The van der Waals surface area contributed by atoms with Gasteiger partial charge in [0.1, 0.15) is 0 Å². The summed E-state index contributed by atoms with van der Waals surface area (Å²) in [6, 6.07) is 14.7. The van der Waals surface area contributed by atoms with Crippen molar-refractivity contribution >= 4 is 68.0 Å². The van der Waals surface area contributed by atoms with Crippen molar-refractivity contribution in [2.75, 3.05) is 10.6 Å². The largest absolute Gasteiger partial charge is 0.302 e. The molecule has 2 aromatic carbocycles. The number of anilines is 2. The Morgan fingerprint density at radius 2 is 1.09 bits per heavy atom. The van der Waals surface area contributed by atoms with E-state index in [1.165, 1.54) is 22.7 Å². The predicted molar refractivity (Wildman–Crippen MR) is 136 cm³/mol. The molecule has 0 bridgehead atoms. The Hall–Kier alpha value is -2.78. The van der Waals surface area contributed by atoms with Gasteiger partial charge in [0.05, 0.1) is 11.4 Å². The molecule has 0 fully saturated rings. The minimum atomic E-state index is -0.181. The van der Waals surface area contributed by atoms with Gasteiger partial charge in [0, 0.05) is 44.8 Å². The minimum absolute atomic E-state index is 0.181. The highest BCUT2D eigenvalue weighted by Gasteiger charge is 2.11. The van der Waals surface area contributed by atoms with Crippen molar-refractivity contribution in [2.24, 2.45) is 0 Å². The molecule has 0 atom stereocenters. The molecule has 0 aliphatic rings. The maximum Gasteiger partial charge on any atom is 0.226 e. The van der Waals surface area contributed by atoms with E-state index < -0.39 is 0 Å². The summed E-state index contributed by atoms with van der Waals surface area (Å²) >= 11 is 14.5. The molecule has 0 saturated heterocycles.